The molecule has 0 saturated heterocycles. The molecule has 0 aliphatic heterocycles. The van der Waals surface area contributed by atoms with Gasteiger partial charge in [0, 0.05) is 0 Å². The molecule has 1 aliphatic rings. The molecule has 1 aromatic heterocycles. The molecule has 4 heteroatoms. The topological polar surface area (TPSA) is 50.2 Å². The summed E-state index contributed by atoms with van der Waals surface area (Å²) in [5.41, 5.74) is 1.28. The summed E-state index contributed by atoms with van der Waals surface area (Å²) >= 11 is 1.68. The molecule has 3 rings (SSSR count). The number of aromatic nitrogens is 1. The molecule has 2 aromatic rings. The summed E-state index contributed by atoms with van der Waals surface area (Å²) in [5.74, 6) is -0.676. The van der Waals surface area contributed by atoms with E-state index in [1.54, 1.807) is 11.3 Å². The van der Waals surface area contributed by atoms with Gasteiger partial charge in [0.05, 0.1) is 20.6 Å². The third-order valence-corrected chi connectivity index (χ3v) is 5.32. The second-order valence-electron chi connectivity index (χ2n) is 5.24. The monoisotopic (exact) mass is 275 g/mol. The number of benzene rings is 1. The van der Waals surface area contributed by atoms with Crippen molar-refractivity contribution in [3.05, 3.63) is 28.8 Å². The van der Waals surface area contributed by atoms with Crippen molar-refractivity contribution in [1.29, 1.82) is 0 Å². The van der Waals surface area contributed by atoms with Crippen LogP contribution >= 0.6 is 11.3 Å². The number of aryl methyl sites for hydroxylation is 1. The predicted molar refractivity (Wildman–Crippen MR) is 76.8 cm³/mol. The quantitative estimate of drug-likeness (QED) is 0.928. The molecule has 1 fully saturated rings. The highest BCUT2D eigenvalue weighted by molar-refractivity contribution is 7.18. The van der Waals surface area contributed by atoms with Gasteiger partial charge in [0.2, 0.25) is 0 Å². The van der Waals surface area contributed by atoms with Crippen molar-refractivity contribution < 1.29 is 9.90 Å². The van der Waals surface area contributed by atoms with E-state index in [0.29, 0.717) is 0 Å². The van der Waals surface area contributed by atoms with Crippen molar-refractivity contribution in [2.75, 3.05) is 0 Å². The van der Waals surface area contributed by atoms with Crippen molar-refractivity contribution in [3.8, 4) is 0 Å². The van der Waals surface area contributed by atoms with Gasteiger partial charge in [-0.15, -0.1) is 11.3 Å². The number of carbonyl (C=O) groups is 1. The normalized spacial score (nSPS) is 17.9. The molecule has 1 aromatic carbocycles. The van der Waals surface area contributed by atoms with Gasteiger partial charge in [0.15, 0.2) is 0 Å². The highest BCUT2D eigenvalue weighted by atomic mass is 32.1. The van der Waals surface area contributed by atoms with Crippen molar-refractivity contribution >= 4 is 27.5 Å². The molecular formula is C15H17NO2S. The van der Waals surface area contributed by atoms with Gasteiger partial charge >= 0.3 is 5.97 Å². The first kappa shape index (κ1) is 12.6. The van der Waals surface area contributed by atoms with Crippen molar-refractivity contribution in [2.45, 2.75) is 44.4 Å². The number of rotatable bonds is 3. The molecule has 0 amide bonds. The lowest BCUT2D eigenvalue weighted by molar-refractivity contribution is -0.143. The minimum Gasteiger partial charge on any atom is -0.481 e. The Labute approximate surface area is 116 Å². The minimum atomic E-state index is -0.676. The van der Waals surface area contributed by atoms with E-state index >= 15 is 0 Å². The lowest BCUT2D eigenvalue weighted by Crippen LogP contribution is -2.32. The Hall–Kier alpha value is -1.42. The fourth-order valence-corrected chi connectivity index (χ4v) is 3.97. The summed E-state index contributed by atoms with van der Waals surface area (Å²) in [6.07, 6.45) is 4.46. The first-order valence-corrected chi connectivity index (χ1v) is 7.61. The second kappa shape index (κ2) is 4.60. The zero-order valence-corrected chi connectivity index (χ0v) is 11.8. The molecule has 19 heavy (non-hydrogen) atoms. The van der Waals surface area contributed by atoms with Gasteiger partial charge in [0.25, 0.3) is 0 Å². The first-order valence-electron chi connectivity index (χ1n) is 6.79. The SMILES string of the molecule is CCc1nc2ccc(C3(C(=O)O)CCCC3)cc2s1. The van der Waals surface area contributed by atoms with E-state index in [9.17, 15) is 9.90 Å². The van der Waals surface area contributed by atoms with Crippen LogP contribution in [0.4, 0.5) is 0 Å². The maximum Gasteiger partial charge on any atom is 0.314 e. The third-order valence-electron chi connectivity index (χ3n) is 4.15. The maximum absolute atomic E-state index is 11.7. The minimum absolute atomic E-state index is 0.662. The Kier molecular flexibility index (Phi) is 3.05. The molecule has 1 aliphatic carbocycles. The molecule has 0 unspecified atom stereocenters. The van der Waals surface area contributed by atoms with Gasteiger partial charge in [-0.1, -0.05) is 25.8 Å². The number of fused-ring (bicyclic) bond motifs is 1. The lowest BCUT2D eigenvalue weighted by atomic mass is 9.79. The predicted octanol–water partition coefficient (Wildman–Crippen LogP) is 3.76. The highest BCUT2D eigenvalue weighted by Gasteiger charge is 2.42. The number of hydrogen-bond donors (Lipinski definition) is 1. The number of nitrogens with zero attached hydrogens (tertiary/aromatic N) is 1. The van der Waals surface area contributed by atoms with E-state index < -0.39 is 11.4 Å². The van der Waals surface area contributed by atoms with Crippen molar-refractivity contribution in [1.82, 2.24) is 4.98 Å². The average Bonchev–Trinajstić information content (AvgIpc) is 3.04. The Morgan fingerprint density at radius 1 is 1.42 bits per heavy atom. The molecule has 0 spiro atoms. The summed E-state index contributed by atoms with van der Waals surface area (Å²) in [6.45, 7) is 2.09. The highest BCUT2D eigenvalue weighted by Crippen LogP contribution is 2.42. The molecule has 3 nitrogen and oxygen atoms in total. The zero-order valence-electron chi connectivity index (χ0n) is 11.0. The van der Waals surface area contributed by atoms with E-state index in [1.165, 1.54) is 0 Å². The number of carboxylic acids is 1. The van der Waals surface area contributed by atoms with Gasteiger partial charge in [-0.25, -0.2) is 4.98 Å². The van der Waals surface area contributed by atoms with Gasteiger partial charge in [-0.05, 0) is 37.0 Å². The summed E-state index contributed by atoms with van der Waals surface area (Å²) < 4.78 is 1.11. The number of hydrogen-bond acceptors (Lipinski definition) is 3. The molecule has 1 saturated carbocycles. The average molecular weight is 275 g/mol. The van der Waals surface area contributed by atoms with E-state index in [2.05, 4.69) is 11.9 Å². The van der Waals surface area contributed by atoms with Gasteiger partial charge in [0.1, 0.15) is 0 Å². The van der Waals surface area contributed by atoms with Crippen molar-refractivity contribution in [2.24, 2.45) is 0 Å². The Bertz CT molecular complexity index is 626. The molecular weight excluding hydrogens is 258 g/mol. The van der Waals surface area contributed by atoms with Crippen LogP contribution in [0.2, 0.25) is 0 Å². The molecule has 1 heterocycles. The van der Waals surface area contributed by atoms with Crippen LogP contribution in [-0.2, 0) is 16.6 Å². The summed E-state index contributed by atoms with van der Waals surface area (Å²) in [4.78, 5) is 16.2. The number of thiazole rings is 1. The standard InChI is InChI=1S/C15H17NO2S/c1-2-13-16-11-6-5-10(9-12(11)19-13)15(14(17)18)7-3-4-8-15/h5-6,9H,2-4,7-8H2,1H3,(H,17,18). The summed E-state index contributed by atoms with van der Waals surface area (Å²) in [5, 5.41) is 10.7. The van der Waals surface area contributed by atoms with Crippen LogP contribution in [0.3, 0.4) is 0 Å². The molecule has 0 radical (unpaired) electrons. The lowest BCUT2D eigenvalue weighted by Gasteiger charge is -2.24. The van der Waals surface area contributed by atoms with Crippen LogP contribution in [0.25, 0.3) is 10.2 Å². The summed E-state index contributed by atoms with van der Waals surface area (Å²) in [7, 11) is 0. The Balaban J connectivity index is 2.11. The molecule has 1 N–H and O–H groups in total. The molecule has 0 atom stereocenters. The number of carboxylic acid groups (broad SMARTS) is 1. The zero-order chi connectivity index (χ0) is 13.5. The third kappa shape index (κ3) is 1.94. The van der Waals surface area contributed by atoms with Crippen LogP contribution in [0.15, 0.2) is 18.2 Å². The van der Waals surface area contributed by atoms with Crippen LogP contribution in [-0.4, -0.2) is 16.1 Å². The molecule has 0 bridgehead atoms. The van der Waals surface area contributed by atoms with Crippen molar-refractivity contribution in [3.63, 3.8) is 0 Å². The van der Waals surface area contributed by atoms with Crippen LogP contribution < -0.4 is 0 Å². The van der Waals surface area contributed by atoms with E-state index in [0.717, 1.165) is 52.9 Å². The molecule has 100 valence electrons. The van der Waals surface area contributed by atoms with E-state index in [1.807, 2.05) is 18.2 Å². The summed E-state index contributed by atoms with van der Waals surface area (Å²) in [6, 6.07) is 5.98. The first-order chi connectivity index (χ1) is 9.15. The Morgan fingerprint density at radius 3 is 2.79 bits per heavy atom. The largest absolute Gasteiger partial charge is 0.481 e. The van der Waals surface area contributed by atoms with E-state index in [-0.39, 0.29) is 0 Å². The maximum atomic E-state index is 11.7. The number of aliphatic carboxylic acids is 1. The fourth-order valence-electron chi connectivity index (χ4n) is 3.03. The van der Waals surface area contributed by atoms with E-state index in [4.69, 9.17) is 0 Å². The van der Waals surface area contributed by atoms with Gasteiger partial charge in [-0.2, -0.15) is 0 Å². The van der Waals surface area contributed by atoms with Crippen LogP contribution in [0.5, 0.6) is 0 Å². The van der Waals surface area contributed by atoms with Crippen LogP contribution in [0, 0.1) is 0 Å². The van der Waals surface area contributed by atoms with Crippen LogP contribution in [0.1, 0.15) is 43.2 Å². The Morgan fingerprint density at radius 2 is 2.16 bits per heavy atom. The van der Waals surface area contributed by atoms with Gasteiger partial charge < -0.3 is 5.11 Å². The van der Waals surface area contributed by atoms with Gasteiger partial charge in [-0.3, -0.25) is 4.79 Å². The smallest absolute Gasteiger partial charge is 0.314 e. The second-order valence-corrected chi connectivity index (χ2v) is 6.35. The fraction of sp³-hybridized carbons (Fsp3) is 0.467.